The molecule has 0 aliphatic rings. The standard InChI is InChI=1S/C32H35O8P.2Na/c1-3-5-7-9-11-13-15-17-18-20-22-24-26-31(33)38-28-30(29-39-41(35,36)37)40-32(34)27-25-23-21-19-16-14-12-10-8-6-4-2;;/h1,30H,4,6,8,10,12,14,16,19,21,23,25,27-29H2,2H3,(H2,35,36,37);;/q;2*+1/p-2/t30-;;/m0../s1. The molecular formula is C32H33Na2O8P. The second-order valence-electron chi connectivity index (χ2n) is 8.38. The fourth-order valence-electron chi connectivity index (χ4n) is 3.07. The summed E-state index contributed by atoms with van der Waals surface area (Å²) >= 11 is 0. The van der Waals surface area contributed by atoms with Gasteiger partial charge in [-0.3, -0.25) is 4.79 Å². The molecule has 0 fully saturated rings. The summed E-state index contributed by atoms with van der Waals surface area (Å²) in [6, 6.07) is 0. The predicted molar refractivity (Wildman–Crippen MR) is 151 cm³/mol. The molecule has 1 atom stereocenters. The van der Waals surface area contributed by atoms with Crippen LogP contribution in [-0.4, -0.2) is 31.3 Å². The van der Waals surface area contributed by atoms with E-state index in [-0.39, 0.29) is 65.5 Å². The molecule has 0 saturated carbocycles. The van der Waals surface area contributed by atoms with Crippen LogP contribution in [0.5, 0.6) is 0 Å². The average Bonchev–Trinajstić information content (AvgIpc) is 2.93. The van der Waals surface area contributed by atoms with Gasteiger partial charge in [0.2, 0.25) is 0 Å². The quantitative estimate of drug-likeness (QED) is 0.0388. The monoisotopic (exact) mass is 622 g/mol. The Morgan fingerprint density at radius 3 is 1.60 bits per heavy atom. The van der Waals surface area contributed by atoms with Crippen LogP contribution in [0.15, 0.2) is 0 Å². The molecule has 0 aromatic carbocycles. The minimum atomic E-state index is -5.32. The third-order valence-electron chi connectivity index (χ3n) is 4.96. The zero-order valence-corrected chi connectivity index (χ0v) is 30.2. The van der Waals surface area contributed by atoms with Crippen LogP contribution in [-0.2, 0) is 28.2 Å². The Morgan fingerprint density at radius 2 is 1.14 bits per heavy atom. The minimum absolute atomic E-state index is 0. The maximum absolute atomic E-state index is 12.1. The number of hydrogen-bond acceptors (Lipinski definition) is 8. The van der Waals surface area contributed by atoms with Crippen LogP contribution in [0.2, 0.25) is 0 Å². The van der Waals surface area contributed by atoms with E-state index in [1.54, 1.807) is 0 Å². The molecule has 0 radical (unpaired) electrons. The number of carbonyl (C=O) groups excluding carboxylic acids is 2. The molecule has 0 aromatic rings. The van der Waals surface area contributed by atoms with E-state index in [0.29, 0.717) is 6.42 Å². The van der Waals surface area contributed by atoms with Gasteiger partial charge >= 0.3 is 71.1 Å². The molecule has 0 amide bonds. The zero-order chi connectivity index (χ0) is 30.4. The number of rotatable bonds is 18. The Hall–Kier alpha value is -2.03. The summed E-state index contributed by atoms with van der Waals surface area (Å²) in [6.45, 7) is 0.849. The van der Waals surface area contributed by atoms with Gasteiger partial charge in [0.1, 0.15) is 6.61 Å². The first-order valence-corrected chi connectivity index (χ1v) is 14.7. The second kappa shape index (κ2) is 32.9. The van der Waals surface area contributed by atoms with E-state index in [1.807, 2.05) is 0 Å². The van der Waals surface area contributed by atoms with Crippen molar-refractivity contribution in [3.05, 3.63) is 0 Å². The SMILES string of the molecule is C#CC#CC#CC#CC#CC#CC#CC(=O)OC[C@@H](COP(=O)([O-])[O-])OC(=O)CCCCCCCCCCCCC.[Na+].[Na+]. The molecule has 0 aromatic heterocycles. The number of terminal acetylenes is 1. The molecule has 0 bridgehead atoms. The van der Waals surface area contributed by atoms with E-state index < -0.39 is 39.1 Å². The number of phosphoric acid groups is 1. The molecule has 0 spiro atoms. The van der Waals surface area contributed by atoms with E-state index in [9.17, 15) is 23.9 Å². The normalized spacial score (nSPS) is 9.35. The Kier molecular flexibility index (Phi) is 34.7. The van der Waals surface area contributed by atoms with Crippen molar-refractivity contribution in [2.24, 2.45) is 0 Å². The van der Waals surface area contributed by atoms with Gasteiger partial charge in [-0.25, -0.2) is 4.79 Å². The smallest absolute Gasteiger partial charge is 0.790 e. The molecule has 0 N–H and O–H groups in total. The van der Waals surface area contributed by atoms with Gasteiger partial charge in [-0.05, 0) is 77.5 Å². The van der Waals surface area contributed by atoms with Crippen LogP contribution >= 0.6 is 7.82 Å². The third kappa shape index (κ3) is 36.1. The van der Waals surface area contributed by atoms with Crippen molar-refractivity contribution in [1.29, 1.82) is 0 Å². The van der Waals surface area contributed by atoms with Crippen molar-refractivity contribution in [1.82, 2.24) is 0 Å². The average molecular weight is 623 g/mol. The van der Waals surface area contributed by atoms with E-state index in [2.05, 4.69) is 88.4 Å². The molecule has 0 aliphatic carbocycles. The third-order valence-corrected chi connectivity index (χ3v) is 5.43. The fourth-order valence-corrected chi connectivity index (χ4v) is 3.42. The van der Waals surface area contributed by atoms with Crippen molar-refractivity contribution in [3.8, 4) is 83.4 Å². The second-order valence-corrected chi connectivity index (χ2v) is 9.54. The summed E-state index contributed by atoms with van der Waals surface area (Å²) in [5.41, 5.74) is 0. The van der Waals surface area contributed by atoms with Crippen molar-refractivity contribution >= 4 is 19.8 Å². The number of esters is 2. The summed E-state index contributed by atoms with van der Waals surface area (Å²) in [4.78, 5) is 45.5. The first kappa shape index (κ1) is 45.4. The van der Waals surface area contributed by atoms with Crippen LogP contribution < -0.4 is 68.9 Å². The van der Waals surface area contributed by atoms with E-state index >= 15 is 0 Å². The Balaban J connectivity index is -0.00000800. The molecular weight excluding hydrogens is 589 g/mol. The van der Waals surface area contributed by atoms with Crippen LogP contribution in [0.4, 0.5) is 0 Å². The van der Waals surface area contributed by atoms with E-state index in [0.717, 1.165) is 19.3 Å². The van der Waals surface area contributed by atoms with Crippen molar-refractivity contribution < 1.29 is 97.1 Å². The van der Waals surface area contributed by atoms with Crippen molar-refractivity contribution in [2.75, 3.05) is 13.2 Å². The van der Waals surface area contributed by atoms with Crippen LogP contribution in [0, 0.1) is 83.4 Å². The number of ether oxygens (including phenoxy) is 2. The Bertz CT molecular complexity index is 1290. The van der Waals surface area contributed by atoms with Gasteiger partial charge in [0.25, 0.3) is 0 Å². The summed E-state index contributed by atoms with van der Waals surface area (Å²) in [7, 11) is -5.32. The van der Waals surface area contributed by atoms with Gasteiger partial charge in [0, 0.05) is 12.3 Å². The summed E-state index contributed by atoms with van der Waals surface area (Å²) in [5, 5.41) is 0. The molecule has 11 heteroatoms. The van der Waals surface area contributed by atoms with Gasteiger partial charge < -0.3 is 28.3 Å². The molecule has 0 rings (SSSR count). The van der Waals surface area contributed by atoms with Crippen LogP contribution in [0.3, 0.4) is 0 Å². The van der Waals surface area contributed by atoms with Gasteiger partial charge in [0.05, 0.1) is 14.4 Å². The van der Waals surface area contributed by atoms with Gasteiger partial charge in [0.15, 0.2) is 6.10 Å². The van der Waals surface area contributed by atoms with Crippen LogP contribution in [0.25, 0.3) is 0 Å². The maximum atomic E-state index is 12.1. The minimum Gasteiger partial charge on any atom is -0.790 e. The van der Waals surface area contributed by atoms with Crippen molar-refractivity contribution in [3.63, 3.8) is 0 Å². The number of carbonyl (C=O) groups is 2. The number of unbranched alkanes of at least 4 members (excludes halogenated alkanes) is 10. The summed E-state index contributed by atoms with van der Waals surface area (Å²) < 4.78 is 25.0. The molecule has 0 aliphatic heterocycles. The van der Waals surface area contributed by atoms with Gasteiger partial charge in [-0.2, -0.15) is 0 Å². The molecule has 43 heavy (non-hydrogen) atoms. The van der Waals surface area contributed by atoms with Crippen molar-refractivity contribution in [2.45, 2.75) is 90.1 Å². The zero-order valence-electron chi connectivity index (χ0n) is 25.3. The largest absolute Gasteiger partial charge is 1.00 e. The first-order chi connectivity index (χ1) is 19.8. The van der Waals surface area contributed by atoms with Crippen LogP contribution in [0.1, 0.15) is 84.0 Å². The maximum Gasteiger partial charge on any atom is 1.00 e. The molecule has 0 saturated heterocycles. The van der Waals surface area contributed by atoms with Gasteiger partial charge in [-0.1, -0.05) is 71.1 Å². The molecule has 8 nitrogen and oxygen atoms in total. The fraction of sp³-hybridized carbons (Fsp3) is 0.500. The number of phosphoric ester groups is 1. The first-order valence-electron chi connectivity index (χ1n) is 13.3. The van der Waals surface area contributed by atoms with E-state index in [1.165, 1.54) is 44.9 Å². The molecule has 0 unspecified atom stereocenters. The molecule has 0 heterocycles. The van der Waals surface area contributed by atoms with Gasteiger partial charge in [-0.15, -0.1) is 6.42 Å². The number of hydrogen-bond donors (Lipinski definition) is 0. The Labute approximate surface area is 301 Å². The predicted octanol–water partition coefficient (Wildman–Crippen LogP) is -3.35. The summed E-state index contributed by atoms with van der Waals surface area (Å²) in [5.74, 6) is 28.4. The Morgan fingerprint density at radius 1 is 0.698 bits per heavy atom. The topological polar surface area (TPSA) is 125 Å². The summed E-state index contributed by atoms with van der Waals surface area (Å²) in [6.07, 6.45) is 16.0. The van der Waals surface area contributed by atoms with E-state index in [4.69, 9.17) is 15.9 Å². The molecule has 216 valence electrons.